The molecule has 1 aromatic heterocycles. The molecule has 0 saturated heterocycles. The highest BCUT2D eigenvalue weighted by Crippen LogP contribution is 2.49. The van der Waals surface area contributed by atoms with Crippen molar-refractivity contribution in [3.63, 3.8) is 0 Å². The Balaban J connectivity index is 0.00000304. The first kappa shape index (κ1) is 25.9. The third-order valence-corrected chi connectivity index (χ3v) is 8.06. The second kappa shape index (κ2) is 10.8. The third kappa shape index (κ3) is 4.53. The average Bonchev–Trinajstić information content (AvgIpc) is 3.49. The van der Waals surface area contributed by atoms with Gasteiger partial charge in [-0.3, -0.25) is 4.79 Å². The van der Waals surface area contributed by atoms with Gasteiger partial charge in [0.1, 0.15) is 30.4 Å². The number of carbonyl (C=O) groups excluding carboxylic acids is 1. The van der Waals surface area contributed by atoms with E-state index in [0.29, 0.717) is 6.04 Å². The molecule has 0 spiro atoms. The predicted octanol–water partition coefficient (Wildman–Crippen LogP) is 2.26. The first-order valence-corrected chi connectivity index (χ1v) is 12.5. The molecule has 1 heterocycles. The van der Waals surface area contributed by atoms with Gasteiger partial charge in [0.05, 0.1) is 0 Å². The van der Waals surface area contributed by atoms with Crippen LogP contribution in [0.4, 0.5) is 0 Å². The standard InChI is InChI=1S/C31H33N3O.BrH/c1-23-11-9-10-12-25(23)22-33-19-20-34(24(33)2)29-18-17-28(21-29)31(30(32)35,26-13-5-3-6-14-26)27-15-7-4-8-16-27;/h3-16,19-20,28-29H,17-18,21-22H2,1-2H3,(H-,32,35);1H. The zero-order valence-electron chi connectivity index (χ0n) is 21.0. The maximum atomic E-state index is 13.4. The van der Waals surface area contributed by atoms with Crippen LogP contribution < -0.4 is 27.3 Å². The lowest BCUT2D eigenvalue weighted by Crippen LogP contribution is -3.00. The Kier molecular flexibility index (Phi) is 7.79. The number of hydrogen-bond donors (Lipinski definition) is 1. The average molecular weight is 545 g/mol. The number of primary amides is 1. The van der Waals surface area contributed by atoms with Gasteiger partial charge in [0.15, 0.2) is 0 Å². The van der Waals surface area contributed by atoms with E-state index in [0.717, 1.165) is 36.9 Å². The monoisotopic (exact) mass is 543 g/mol. The largest absolute Gasteiger partial charge is 1.00 e. The highest BCUT2D eigenvalue weighted by Gasteiger charge is 2.51. The molecule has 186 valence electrons. The molecule has 2 unspecified atom stereocenters. The first-order chi connectivity index (χ1) is 17.0. The number of imidazole rings is 1. The Labute approximate surface area is 224 Å². The van der Waals surface area contributed by atoms with Crippen molar-refractivity contribution in [2.45, 2.75) is 51.1 Å². The maximum absolute atomic E-state index is 13.4. The summed E-state index contributed by atoms with van der Waals surface area (Å²) in [6.07, 6.45) is 7.28. The minimum Gasteiger partial charge on any atom is -1.00 e. The summed E-state index contributed by atoms with van der Waals surface area (Å²) in [5, 5.41) is 0. The smallest absolute Gasteiger partial charge is 0.253 e. The molecule has 5 rings (SSSR count). The number of nitrogens with zero attached hydrogens (tertiary/aromatic N) is 2. The van der Waals surface area contributed by atoms with E-state index in [2.05, 4.69) is 83.9 Å². The molecular formula is C31H34BrN3O. The number of hydrogen-bond acceptors (Lipinski definition) is 1. The van der Waals surface area contributed by atoms with E-state index in [9.17, 15) is 4.79 Å². The molecule has 3 aromatic carbocycles. The van der Waals surface area contributed by atoms with Crippen LogP contribution in [-0.4, -0.2) is 10.5 Å². The van der Waals surface area contributed by atoms with Gasteiger partial charge in [-0.1, -0.05) is 84.9 Å². The topological polar surface area (TPSA) is 51.9 Å². The van der Waals surface area contributed by atoms with E-state index in [1.54, 1.807) is 0 Å². The molecular weight excluding hydrogens is 510 g/mol. The van der Waals surface area contributed by atoms with Gasteiger partial charge in [-0.05, 0) is 54.4 Å². The van der Waals surface area contributed by atoms with Gasteiger partial charge in [0.2, 0.25) is 5.91 Å². The lowest BCUT2D eigenvalue weighted by molar-refractivity contribution is -0.694. The molecule has 1 aliphatic carbocycles. The zero-order chi connectivity index (χ0) is 24.4. The Morgan fingerprint density at radius 1 is 0.917 bits per heavy atom. The van der Waals surface area contributed by atoms with Crippen LogP contribution in [0.15, 0.2) is 97.3 Å². The van der Waals surface area contributed by atoms with E-state index >= 15 is 0 Å². The van der Waals surface area contributed by atoms with Crippen LogP contribution in [0.3, 0.4) is 0 Å². The normalized spacial score (nSPS) is 17.5. The fourth-order valence-electron chi connectivity index (χ4n) is 6.17. The van der Waals surface area contributed by atoms with Crippen LogP contribution in [0.5, 0.6) is 0 Å². The van der Waals surface area contributed by atoms with E-state index in [1.807, 2.05) is 36.4 Å². The van der Waals surface area contributed by atoms with Gasteiger partial charge in [-0.2, -0.15) is 0 Å². The van der Waals surface area contributed by atoms with E-state index in [1.165, 1.54) is 17.0 Å². The van der Waals surface area contributed by atoms with Gasteiger partial charge in [0, 0.05) is 6.92 Å². The summed E-state index contributed by atoms with van der Waals surface area (Å²) in [6.45, 7) is 5.22. The van der Waals surface area contributed by atoms with Gasteiger partial charge >= 0.3 is 0 Å². The Bertz CT molecular complexity index is 1280. The number of aryl methyl sites for hydroxylation is 1. The predicted molar refractivity (Wildman–Crippen MR) is 139 cm³/mol. The van der Waals surface area contributed by atoms with Crippen molar-refractivity contribution in [1.82, 2.24) is 4.57 Å². The van der Waals surface area contributed by atoms with Gasteiger partial charge in [-0.15, -0.1) is 0 Å². The van der Waals surface area contributed by atoms with Crippen molar-refractivity contribution in [2.24, 2.45) is 11.7 Å². The summed E-state index contributed by atoms with van der Waals surface area (Å²) in [5.74, 6) is 1.10. The molecule has 1 aliphatic rings. The number of aromatic nitrogens is 2. The number of benzene rings is 3. The summed E-state index contributed by atoms with van der Waals surface area (Å²) in [4.78, 5) is 13.4. The number of halogens is 1. The van der Waals surface area contributed by atoms with E-state index in [-0.39, 0.29) is 28.8 Å². The molecule has 4 aromatic rings. The minimum atomic E-state index is -0.838. The van der Waals surface area contributed by atoms with Crippen molar-refractivity contribution in [1.29, 1.82) is 0 Å². The van der Waals surface area contributed by atoms with Crippen molar-refractivity contribution in [2.75, 3.05) is 0 Å². The molecule has 4 nitrogen and oxygen atoms in total. The molecule has 1 saturated carbocycles. The molecule has 36 heavy (non-hydrogen) atoms. The fourth-order valence-corrected chi connectivity index (χ4v) is 6.17. The van der Waals surface area contributed by atoms with Crippen LogP contribution in [0.25, 0.3) is 0 Å². The Morgan fingerprint density at radius 3 is 2.08 bits per heavy atom. The number of nitrogens with two attached hydrogens (primary N) is 1. The minimum absolute atomic E-state index is 0. The van der Waals surface area contributed by atoms with Crippen LogP contribution in [-0.2, 0) is 16.8 Å². The van der Waals surface area contributed by atoms with Crippen LogP contribution in [0.1, 0.15) is 53.4 Å². The second-order valence-electron chi connectivity index (χ2n) is 9.88. The van der Waals surface area contributed by atoms with Gasteiger partial charge in [0.25, 0.3) is 5.82 Å². The van der Waals surface area contributed by atoms with E-state index in [4.69, 9.17) is 5.73 Å². The lowest BCUT2D eigenvalue weighted by Gasteiger charge is -2.37. The molecule has 2 N–H and O–H groups in total. The van der Waals surface area contributed by atoms with Crippen molar-refractivity contribution >= 4 is 5.91 Å². The molecule has 1 amide bonds. The van der Waals surface area contributed by atoms with Crippen LogP contribution >= 0.6 is 0 Å². The summed E-state index contributed by atoms with van der Waals surface area (Å²) < 4.78 is 4.73. The number of amides is 1. The van der Waals surface area contributed by atoms with Gasteiger partial charge in [-0.25, -0.2) is 9.13 Å². The molecule has 0 aliphatic heterocycles. The Hall–Kier alpha value is -3.18. The van der Waals surface area contributed by atoms with Crippen LogP contribution in [0, 0.1) is 19.8 Å². The number of rotatable bonds is 7. The van der Waals surface area contributed by atoms with Crippen LogP contribution in [0.2, 0.25) is 0 Å². The highest BCUT2D eigenvalue weighted by molar-refractivity contribution is 5.91. The zero-order valence-corrected chi connectivity index (χ0v) is 22.6. The molecule has 0 radical (unpaired) electrons. The molecule has 0 bridgehead atoms. The fraction of sp³-hybridized carbons (Fsp3) is 0.290. The van der Waals surface area contributed by atoms with Crippen molar-refractivity contribution < 1.29 is 26.3 Å². The molecule has 5 heteroatoms. The molecule has 2 atom stereocenters. The quantitative estimate of drug-likeness (QED) is 0.357. The summed E-state index contributed by atoms with van der Waals surface area (Å²) in [5.41, 5.74) is 10.1. The lowest BCUT2D eigenvalue weighted by atomic mass is 9.64. The first-order valence-electron chi connectivity index (χ1n) is 12.5. The highest BCUT2D eigenvalue weighted by atomic mass is 79.9. The van der Waals surface area contributed by atoms with Gasteiger partial charge < -0.3 is 22.7 Å². The van der Waals surface area contributed by atoms with Crippen molar-refractivity contribution in [3.8, 4) is 0 Å². The summed E-state index contributed by atoms with van der Waals surface area (Å²) >= 11 is 0. The van der Waals surface area contributed by atoms with Crippen molar-refractivity contribution in [3.05, 3.63) is 125 Å². The summed E-state index contributed by atoms with van der Waals surface area (Å²) in [6, 6.07) is 29.1. The third-order valence-electron chi connectivity index (χ3n) is 8.06. The second-order valence-corrected chi connectivity index (χ2v) is 9.88. The SMILES string of the molecule is Cc1ccccc1C[n+]1ccn(C2CCC(C(C(N)=O)(c3ccccc3)c3ccccc3)C2)c1C.[Br-]. The summed E-state index contributed by atoms with van der Waals surface area (Å²) in [7, 11) is 0. The Morgan fingerprint density at radius 2 is 1.50 bits per heavy atom. The van der Waals surface area contributed by atoms with E-state index < -0.39 is 5.41 Å². The molecule has 1 fully saturated rings. The number of carbonyl (C=O) groups is 1. The maximum Gasteiger partial charge on any atom is 0.253 e.